The van der Waals surface area contributed by atoms with Crippen molar-refractivity contribution in [2.24, 2.45) is 5.14 Å². The number of ether oxygens (including phenoxy) is 1. The lowest BCUT2D eigenvalue weighted by Gasteiger charge is -2.04. The van der Waals surface area contributed by atoms with Gasteiger partial charge >= 0.3 is 0 Å². The Morgan fingerprint density at radius 1 is 1.62 bits per heavy atom. The highest BCUT2D eigenvalue weighted by atomic mass is 32.2. The quantitative estimate of drug-likeness (QED) is 0.731. The smallest absolute Gasteiger partial charge is 0.246 e. The molecule has 0 aromatic carbocycles. The highest BCUT2D eigenvalue weighted by Gasteiger charge is 2.21. The fraction of sp³-hybridized carbons (Fsp3) is 0.167. The largest absolute Gasteiger partial charge is 0.480 e. The van der Waals surface area contributed by atoms with Crippen LogP contribution in [0.4, 0.5) is 4.39 Å². The summed E-state index contributed by atoms with van der Waals surface area (Å²) in [4.78, 5) is 2.78. The van der Waals surface area contributed by atoms with E-state index in [-0.39, 0.29) is 5.88 Å². The van der Waals surface area contributed by atoms with Crippen molar-refractivity contribution in [2.75, 3.05) is 7.11 Å². The number of methoxy groups -OCH3 is 1. The van der Waals surface area contributed by atoms with E-state index in [1.807, 2.05) is 0 Å². The van der Waals surface area contributed by atoms with Crippen LogP contribution in [0.15, 0.2) is 17.2 Å². The molecular formula is C6H7FN2O3S. The number of pyridine rings is 1. The second-order valence-corrected chi connectivity index (χ2v) is 3.67. The molecule has 0 saturated heterocycles. The monoisotopic (exact) mass is 206 g/mol. The molecule has 0 unspecified atom stereocenters. The van der Waals surface area contributed by atoms with Crippen molar-refractivity contribution in [3.8, 4) is 5.88 Å². The van der Waals surface area contributed by atoms with Crippen molar-refractivity contribution in [2.45, 2.75) is 4.90 Å². The molecule has 0 spiro atoms. The number of sulfonamides is 1. The molecule has 2 N–H and O–H groups in total. The van der Waals surface area contributed by atoms with E-state index in [4.69, 9.17) is 5.14 Å². The first-order valence-electron chi connectivity index (χ1n) is 3.18. The van der Waals surface area contributed by atoms with Gasteiger partial charge < -0.3 is 4.74 Å². The van der Waals surface area contributed by atoms with Gasteiger partial charge in [0.2, 0.25) is 15.9 Å². The number of aromatic nitrogens is 1. The molecule has 0 amide bonds. The molecule has 0 radical (unpaired) electrons. The van der Waals surface area contributed by atoms with E-state index in [1.54, 1.807) is 0 Å². The Bertz CT molecular complexity index is 418. The minimum atomic E-state index is -4.14. The molecular weight excluding hydrogens is 199 g/mol. The van der Waals surface area contributed by atoms with E-state index in [9.17, 15) is 12.8 Å². The van der Waals surface area contributed by atoms with E-state index >= 15 is 0 Å². The van der Waals surface area contributed by atoms with Gasteiger partial charge in [-0.15, -0.1) is 0 Å². The van der Waals surface area contributed by atoms with Crippen LogP contribution in [0.3, 0.4) is 0 Å². The molecule has 7 heteroatoms. The predicted octanol–water partition coefficient (Wildman–Crippen LogP) is -0.123. The fourth-order valence-corrected chi connectivity index (χ4v) is 1.53. The molecule has 0 bridgehead atoms. The molecule has 5 nitrogen and oxygen atoms in total. The van der Waals surface area contributed by atoms with Crippen molar-refractivity contribution in [3.05, 3.63) is 18.1 Å². The summed E-state index contributed by atoms with van der Waals surface area (Å²) < 4.78 is 39.2. The highest BCUT2D eigenvalue weighted by Crippen LogP contribution is 2.21. The van der Waals surface area contributed by atoms with Crippen LogP contribution in [0, 0.1) is 5.82 Å². The summed E-state index contributed by atoms with van der Waals surface area (Å²) >= 11 is 0. The molecule has 0 fully saturated rings. The zero-order valence-corrected chi connectivity index (χ0v) is 7.51. The molecule has 72 valence electrons. The fourth-order valence-electron chi connectivity index (χ4n) is 0.810. The summed E-state index contributed by atoms with van der Waals surface area (Å²) in [5, 5.41) is 4.75. The lowest BCUT2D eigenvalue weighted by atomic mass is 10.4. The highest BCUT2D eigenvalue weighted by molar-refractivity contribution is 7.89. The minimum absolute atomic E-state index is 0.345. The van der Waals surface area contributed by atoms with Gasteiger partial charge in [0.25, 0.3) is 0 Å². The number of hydrogen-bond acceptors (Lipinski definition) is 4. The van der Waals surface area contributed by atoms with Crippen LogP contribution in [0.1, 0.15) is 0 Å². The van der Waals surface area contributed by atoms with Gasteiger partial charge in [0.15, 0.2) is 4.90 Å². The maximum absolute atomic E-state index is 13.0. The van der Waals surface area contributed by atoms with E-state index in [0.29, 0.717) is 0 Å². The van der Waals surface area contributed by atoms with Crippen LogP contribution in [-0.4, -0.2) is 20.5 Å². The van der Waals surface area contributed by atoms with Gasteiger partial charge in [-0.1, -0.05) is 0 Å². The zero-order chi connectivity index (χ0) is 10.1. The maximum Gasteiger partial charge on any atom is 0.246 e. The van der Waals surface area contributed by atoms with Crippen molar-refractivity contribution >= 4 is 10.0 Å². The first kappa shape index (κ1) is 9.87. The molecule has 1 aromatic rings. The van der Waals surface area contributed by atoms with Crippen LogP contribution in [0.25, 0.3) is 0 Å². The molecule has 0 aliphatic carbocycles. The first-order chi connectivity index (χ1) is 5.96. The molecule has 0 atom stereocenters. The van der Waals surface area contributed by atoms with Crippen LogP contribution in [0.5, 0.6) is 5.88 Å². The van der Waals surface area contributed by atoms with Crippen molar-refractivity contribution < 1.29 is 17.5 Å². The zero-order valence-electron chi connectivity index (χ0n) is 6.69. The third-order valence-corrected chi connectivity index (χ3v) is 2.24. The van der Waals surface area contributed by atoms with E-state index < -0.39 is 20.7 Å². The summed E-state index contributed by atoms with van der Waals surface area (Å²) in [7, 11) is -2.96. The van der Waals surface area contributed by atoms with Gasteiger partial charge in [-0.2, -0.15) is 0 Å². The van der Waals surface area contributed by atoms with Gasteiger partial charge in [-0.05, 0) is 6.07 Å². The Morgan fingerprint density at radius 3 is 2.62 bits per heavy atom. The van der Waals surface area contributed by atoms with Gasteiger partial charge in [0.1, 0.15) is 5.82 Å². The summed E-state index contributed by atoms with van der Waals surface area (Å²) in [5.74, 6) is -1.32. The molecule has 0 aliphatic heterocycles. The minimum Gasteiger partial charge on any atom is -0.480 e. The maximum atomic E-state index is 13.0. The summed E-state index contributed by atoms with van der Waals surface area (Å²) in [6.45, 7) is 0. The number of nitrogens with two attached hydrogens (primary N) is 1. The first-order valence-corrected chi connectivity index (χ1v) is 4.72. The third-order valence-electron chi connectivity index (χ3n) is 1.30. The number of halogens is 1. The van der Waals surface area contributed by atoms with E-state index in [2.05, 4.69) is 9.72 Å². The SMILES string of the molecule is COc1nccc(F)c1S(N)(=O)=O. The normalized spacial score (nSPS) is 11.3. The van der Waals surface area contributed by atoms with Crippen LogP contribution in [-0.2, 0) is 10.0 Å². The predicted molar refractivity (Wildman–Crippen MR) is 42.1 cm³/mol. The number of primary sulfonamides is 1. The van der Waals surface area contributed by atoms with Gasteiger partial charge in [-0.3, -0.25) is 0 Å². The topological polar surface area (TPSA) is 82.3 Å². The van der Waals surface area contributed by atoms with Gasteiger partial charge in [-0.25, -0.2) is 22.9 Å². The Morgan fingerprint density at radius 2 is 2.23 bits per heavy atom. The molecule has 13 heavy (non-hydrogen) atoms. The Kier molecular flexibility index (Phi) is 2.48. The summed E-state index contributed by atoms with van der Waals surface area (Å²) in [6, 6.07) is 0.891. The van der Waals surface area contributed by atoms with Crippen LogP contribution >= 0.6 is 0 Å². The van der Waals surface area contributed by atoms with Crippen molar-refractivity contribution in [1.82, 2.24) is 4.98 Å². The molecule has 1 aromatic heterocycles. The second-order valence-electron chi connectivity index (χ2n) is 2.18. The molecule has 0 saturated carbocycles. The van der Waals surface area contributed by atoms with E-state index in [1.165, 1.54) is 7.11 Å². The second kappa shape index (κ2) is 3.27. The van der Waals surface area contributed by atoms with Gasteiger partial charge in [0.05, 0.1) is 7.11 Å². The number of hydrogen-bond donors (Lipinski definition) is 1. The lowest BCUT2D eigenvalue weighted by molar-refractivity contribution is 0.377. The van der Waals surface area contributed by atoms with Crippen LogP contribution < -0.4 is 9.88 Å². The average Bonchev–Trinajstić information content (AvgIpc) is 2.01. The van der Waals surface area contributed by atoms with Gasteiger partial charge in [0, 0.05) is 6.20 Å². The number of rotatable bonds is 2. The van der Waals surface area contributed by atoms with Crippen LogP contribution in [0.2, 0.25) is 0 Å². The standard InChI is InChI=1S/C6H7FN2O3S/c1-12-6-5(13(8,10)11)4(7)2-3-9-6/h2-3H,1H3,(H2,8,10,11). The Labute approximate surface area is 74.4 Å². The van der Waals surface area contributed by atoms with Crippen molar-refractivity contribution in [1.29, 1.82) is 0 Å². The Balaban J connectivity index is 3.50. The molecule has 1 heterocycles. The average molecular weight is 206 g/mol. The lowest BCUT2D eigenvalue weighted by Crippen LogP contribution is -2.16. The molecule has 1 rings (SSSR count). The molecule has 0 aliphatic rings. The van der Waals surface area contributed by atoms with E-state index in [0.717, 1.165) is 12.3 Å². The summed E-state index contributed by atoms with van der Waals surface area (Å²) in [5.41, 5.74) is 0. The number of nitrogens with zero attached hydrogens (tertiary/aromatic N) is 1. The summed E-state index contributed by atoms with van der Waals surface area (Å²) in [6.07, 6.45) is 1.09. The third kappa shape index (κ3) is 1.93. The Hall–Kier alpha value is -1.21. The van der Waals surface area contributed by atoms with Crippen molar-refractivity contribution in [3.63, 3.8) is 0 Å².